The maximum atomic E-state index is 11.7. The van der Waals surface area contributed by atoms with Crippen LogP contribution >= 0.6 is 11.3 Å². The molecule has 2 aromatic heterocycles. The monoisotopic (exact) mass is 914 g/mol. The van der Waals surface area contributed by atoms with Gasteiger partial charge in [0.1, 0.15) is 6.33 Å². The maximum absolute atomic E-state index is 11.7. The van der Waals surface area contributed by atoms with Crippen LogP contribution in [0, 0.1) is 23.3 Å². The van der Waals surface area contributed by atoms with Gasteiger partial charge < -0.3 is 5.11 Å². The Morgan fingerprint density at radius 3 is 2.06 bits per heavy atom. The summed E-state index contributed by atoms with van der Waals surface area (Å²) in [4.78, 5) is 21.3. The molecule has 1 N–H and O–H groups in total. The predicted molar refractivity (Wildman–Crippen MR) is 225 cm³/mol. The minimum absolute atomic E-state index is 0. The van der Waals surface area contributed by atoms with E-state index in [1.807, 2.05) is 27.7 Å². The second-order valence-corrected chi connectivity index (χ2v) is 23.5. The molecule has 0 spiro atoms. The quantitative estimate of drug-likeness (QED) is 0.0656. The van der Waals surface area contributed by atoms with E-state index in [1.54, 1.807) is 17.7 Å². The van der Waals surface area contributed by atoms with Crippen molar-refractivity contribution in [1.29, 1.82) is 0 Å². The second kappa shape index (κ2) is 17.6. The van der Waals surface area contributed by atoms with Crippen LogP contribution in [0.3, 0.4) is 0 Å². The number of allylic oxidation sites excluding steroid dienone is 2. The van der Waals surface area contributed by atoms with Gasteiger partial charge in [0.15, 0.2) is 5.78 Å². The van der Waals surface area contributed by atoms with Gasteiger partial charge in [0.2, 0.25) is 0 Å². The minimum atomic E-state index is -1.42. The predicted octanol–water partition coefficient (Wildman–Crippen LogP) is 12.8. The van der Waals surface area contributed by atoms with Crippen molar-refractivity contribution in [2.24, 2.45) is 17.3 Å². The second-order valence-electron chi connectivity index (χ2n) is 17.4. The number of fused-ring (bicyclic) bond motifs is 4. The van der Waals surface area contributed by atoms with Crippen LogP contribution in [0.5, 0.6) is 0 Å². The molecule has 2 heterocycles. The molecular weight excluding hydrogens is 853 g/mol. The van der Waals surface area contributed by atoms with E-state index in [0.29, 0.717) is 0 Å². The Labute approximate surface area is 332 Å². The van der Waals surface area contributed by atoms with Crippen LogP contribution in [-0.2, 0) is 36.7 Å². The fraction of sp³-hybridized carbons (Fsp3) is 0.489. The summed E-state index contributed by atoms with van der Waals surface area (Å²) in [6.07, 6.45) is 7.64. The Morgan fingerprint density at radius 2 is 1.50 bits per heavy atom. The summed E-state index contributed by atoms with van der Waals surface area (Å²) in [6.45, 7) is 29.1. The van der Waals surface area contributed by atoms with Crippen LogP contribution in [-0.4, -0.2) is 28.9 Å². The maximum Gasteiger partial charge on any atom is 0.162 e. The summed E-state index contributed by atoms with van der Waals surface area (Å²) >= 11 is 1.80. The zero-order valence-electron chi connectivity index (χ0n) is 33.9. The smallest absolute Gasteiger partial charge is 0.162 e. The average Bonchev–Trinajstić information content (AvgIpc) is 3.42. The van der Waals surface area contributed by atoms with Gasteiger partial charge in [-0.2, -0.15) is 0 Å². The van der Waals surface area contributed by atoms with E-state index in [1.165, 1.54) is 43.2 Å². The standard InChI is InChI=1S/C32H37N2SSi.C13H24O2.Ir/c1-31(2,3)18-22-15-21(14-20-10-12-24(17-26(20)22)36(7,8)9)28-30-29(34-19-33-28)25-13-11-23(32(4,5)6)16-27(25)35-30;1-5-10(6-2)12(14)9-13(15)11(7-3)8-4;/h10-13,15-17,19H,18H2,1-9H3;9-11,14H,5-8H2,1-4H3;/q-1;;/b;12-9-;. The van der Waals surface area contributed by atoms with Crippen LogP contribution in [0.1, 0.15) is 106 Å². The van der Waals surface area contributed by atoms with E-state index in [9.17, 15) is 9.90 Å². The normalized spacial score (nSPS) is 12.8. The van der Waals surface area contributed by atoms with Crippen molar-refractivity contribution in [1.82, 2.24) is 9.97 Å². The number of aromatic nitrogens is 2. The number of aliphatic hydroxyl groups excluding tert-OH is 1. The zero-order chi connectivity index (χ0) is 37.9. The number of hydrogen-bond donors (Lipinski definition) is 1. The Bertz CT molecular complexity index is 2020. The van der Waals surface area contributed by atoms with Crippen LogP contribution in [0.25, 0.3) is 42.3 Å². The molecule has 0 atom stereocenters. The Kier molecular flexibility index (Phi) is 14.8. The number of ketones is 1. The largest absolute Gasteiger partial charge is 0.512 e. The molecule has 5 aromatic rings. The van der Waals surface area contributed by atoms with Crippen molar-refractivity contribution >= 4 is 61.5 Å². The van der Waals surface area contributed by atoms with Gasteiger partial charge in [0.25, 0.3) is 0 Å². The first-order chi connectivity index (χ1) is 23.8. The first-order valence-electron chi connectivity index (χ1n) is 18.9. The molecule has 7 heteroatoms. The van der Waals surface area contributed by atoms with E-state index in [4.69, 9.17) is 9.97 Å². The molecule has 0 fully saturated rings. The van der Waals surface area contributed by atoms with Crippen molar-refractivity contribution in [2.75, 3.05) is 0 Å². The van der Waals surface area contributed by atoms with Crippen LogP contribution in [0.4, 0.5) is 0 Å². The van der Waals surface area contributed by atoms with E-state index < -0.39 is 8.07 Å². The van der Waals surface area contributed by atoms with Crippen LogP contribution in [0.15, 0.2) is 60.6 Å². The van der Waals surface area contributed by atoms with Crippen molar-refractivity contribution < 1.29 is 30.0 Å². The van der Waals surface area contributed by atoms with E-state index in [0.717, 1.165) is 53.6 Å². The number of thiophene rings is 1. The third-order valence-corrected chi connectivity index (χ3v) is 13.2. The molecule has 0 unspecified atom stereocenters. The molecule has 0 aliphatic heterocycles. The third kappa shape index (κ3) is 10.5. The van der Waals surface area contributed by atoms with Gasteiger partial charge in [0.05, 0.1) is 19.3 Å². The number of carbonyl (C=O) groups excluding carboxylic acids is 1. The van der Waals surface area contributed by atoms with Gasteiger partial charge in [-0.3, -0.25) is 9.78 Å². The van der Waals surface area contributed by atoms with Gasteiger partial charge in [0, 0.05) is 58.5 Å². The van der Waals surface area contributed by atoms with Crippen LogP contribution < -0.4 is 5.19 Å². The zero-order valence-corrected chi connectivity index (χ0v) is 38.1. The fourth-order valence-electron chi connectivity index (χ4n) is 6.68. The number of nitrogens with zero attached hydrogens (tertiary/aromatic N) is 2. The SMILES string of the molecule is CC(C)(C)Cc1cc(-c2ncnc3c2sc2cc(C(C)(C)C)ccc23)[c-]c2ccc([Si](C)(C)C)cc12.CCC(CC)C(=O)/C=C(\O)C(CC)CC.[Ir]. The number of aliphatic hydroxyl groups is 1. The van der Waals surface area contributed by atoms with Gasteiger partial charge in [-0.25, -0.2) is 4.98 Å². The summed E-state index contributed by atoms with van der Waals surface area (Å²) in [6, 6.07) is 19.9. The molecule has 283 valence electrons. The van der Waals surface area contributed by atoms with Gasteiger partial charge in [-0.05, 0) is 54.6 Å². The summed E-state index contributed by atoms with van der Waals surface area (Å²) < 4.78 is 2.42. The molecule has 0 bridgehead atoms. The Hall–Kier alpha value is -2.70. The number of hydrogen-bond acceptors (Lipinski definition) is 5. The number of rotatable bonds is 10. The van der Waals surface area contributed by atoms with E-state index in [-0.39, 0.29) is 54.3 Å². The molecule has 0 amide bonds. The summed E-state index contributed by atoms with van der Waals surface area (Å²) in [5, 5.41) is 15.0. The molecule has 5 rings (SSSR count). The molecule has 0 saturated carbocycles. The molecule has 4 nitrogen and oxygen atoms in total. The van der Waals surface area contributed by atoms with Crippen molar-refractivity contribution in [3.05, 3.63) is 77.8 Å². The fourth-order valence-corrected chi connectivity index (χ4v) is 9.04. The topological polar surface area (TPSA) is 63.1 Å². The van der Waals surface area contributed by atoms with Crippen molar-refractivity contribution in [2.45, 2.75) is 126 Å². The van der Waals surface area contributed by atoms with Crippen LogP contribution in [0.2, 0.25) is 19.6 Å². The number of benzene rings is 3. The van der Waals surface area contributed by atoms with Crippen molar-refractivity contribution in [3.63, 3.8) is 0 Å². The summed E-state index contributed by atoms with van der Waals surface area (Å²) in [5.74, 6) is 0.547. The first-order valence-corrected chi connectivity index (χ1v) is 23.2. The molecule has 0 aliphatic carbocycles. The molecule has 1 radical (unpaired) electrons. The van der Waals surface area contributed by atoms with Gasteiger partial charge >= 0.3 is 0 Å². The summed E-state index contributed by atoms with van der Waals surface area (Å²) in [5.41, 5.74) is 6.13. The molecule has 3 aromatic carbocycles. The molecular formula is C45H61IrN2O2SSi-. The third-order valence-electron chi connectivity index (χ3n) is 10.00. The average molecular weight is 914 g/mol. The minimum Gasteiger partial charge on any atom is -0.512 e. The van der Waals surface area contributed by atoms with Gasteiger partial charge in [-0.15, -0.1) is 40.5 Å². The number of carbonyl (C=O) groups is 1. The van der Waals surface area contributed by atoms with Crippen molar-refractivity contribution in [3.8, 4) is 11.3 Å². The van der Waals surface area contributed by atoms with Gasteiger partial charge in [-0.1, -0.05) is 129 Å². The molecule has 0 aliphatic rings. The summed E-state index contributed by atoms with van der Waals surface area (Å²) in [7, 11) is -1.42. The molecule has 0 saturated heterocycles. The Morgan fingerprint density at radius 1 is 0.865 bits per heavy atom. The van der Waals surface area contributed by atoms with E-state index >= 15 is 0 Å². The van der Waals surface area contributed by atoms with E-state index in [2.05, 4.69) is 110 Å². The Balaban J connectivity index is 0.000000389. The molecule has 52 heavy (non-hydrogen) atoms. The first kappa shape index (κ1) is 43.7.